The second-order valence-electron chi connectivity index (χ2n) is 7.05. The summed E-state index contributed by atoms with van der Waals surface area (Å²) in [5, 5.41) is 0. The fourth-order valence-electron chi connectivity index (χ4n) is 3.04. The van der Waals surface area contributed by atoms with Crippen molar-refractivity contribution in [2.45, 2.75) is 72.5 Å². The summed E-state index contributed by atoms with van der Waals surface area (Å²) < 4.78 is 6.07. The Labute approximate surface area is 121 Å². The summed E-state index contributed by atoms with van der Waals surface area (Å²) in [4.78, 5) is 12.0. The van der Waals surface area contributed by atoms with Gasteiger partial charge in [-0.25, -0.2) is 0 Å². The second kappa shape index (κ2) is 8.78. The number of carbonyl (C=O) groups excluding carboxylic acids is 1. The van der Waals surface area contributed by atoms with Crippen LogP contribution in [0.2, 0.25) is 18.1 Å². The first-order chi connectivity index (χ1) is 8.70. The lowest BCUT2D eigenvalue weighted by Gasteiger charge is -2.35. The molecule has 0 aromatic rings. The first kappa shape index (κ1) is 18.7. The molecule has 2 nitrogen and oxygen atoms in total. The van der Waals surface area contributed by atoms with Crippen LogP contribution < -0.4 is 0 Å². The summed E-state index contributed by atoms with van der Waals surface area (Å²) in [6.45, 7) is 17.2. The molecule has 0 amide bonds. The number of rotatable bonds is 9. The van der Waals surface area contributed by atoms with Crippen LogP contribution in [0.5, 0.6) is 0 Å². The van der Waals surface area contributed by atoms with Gasteiger partial charge in [0.25, 0.3) is 14.3 Å². The summed E-state index contributed by atoms with van der Waals surface area (Å²) in [6.07, 6.45) is 1.09. The van der Waals surface area contributed by atoms with Crippen LogP contribution in [-0.2, 0) is 9.22 Å². The molecule has 0 unspecified atom stereocenters. The lowest BCUT2D eigenvalue weighted by Crippen LogP contribution is -2.44. The molecule has 0 heterocycles. The zero-order valence-corrected chi connectivity index (χ0v) is 14.8. The quantitative estimate of drug-likeness (QED) is 0.554. The SMILES string of the molecule is [CH2]CCC(=O)O[Si](CC(C)C)(CC(C)C)CC(C)C. The normalized spacial score (nSPS) is 12.5. The van der Waals surface area contributed by atoms with Crippen molar-refractivity contribution in [3.8, 4) is 0 Å². The van der Waals surface area contributed by atoms with E-state index >= 15 is 0 Å². The molecule has 0 aliphatic heterocycles. The summed E-state index contributed by atoms with van der Waals surface area (Å²) in [5.74, 6) is 1.76. The van der Waals surface area contributed by atoms with E-state index in [0.717, 1.165) is 18.1 Å². The maximum absolute atomic E-state index is 12.0. The van der Waals surface area contributed by atoms with Crippen molar-refractivity contribution < 1.29 is 9.22 Å². The molecule has 0 saturated carbocycles. The molecule has 0 spiro atoms. The summed E-state index contributed by atoms with van der Waals surface area (Å²) in [6, 6.07) is 3.27. The molecule has 0 aliphatic rings. The first-order valence-electron chi connectivity index (χ1n) is 7.72. The zero-order chi connectivity index (χ0) is 15.1. The molecule has 1 radical (unpaired) electrons. The van der Waals surface area contributed by atoms with Crippen LogP contribution in [0.3, 0.4) is 0 Å². The Morgan fingerprint density at radius 1 is 0.947 bits per heavy atom. The monoisotopic (exact) mass is 285 g/mol. The third kappa shape index (κ3) is 8.46. The maximum atomic E-state index is 12.0. The lowest BCUT2D eigenvalue weighted by atomic mass is 10.2. The number of hydrogen-bond donors (Lipinski definition) is 0. The van der Waals surface area contributed by atoms with Gasteiger partial charge in [-0.15, -0.1) is 0 Å². The Balaban J connectivity index is 5.03. The molecule has 0 saturated heterocycles. The lowest BCUT2D eigenvalue weighted by molar-refractivity contribution is -0.135. The van der Waals surface area contributed by atoms with Crippen LogP contribution >= 0.6 is 0 Å². The predicted molar refractivity (Wildman–Crippen MR) is 85.4 cm³/mol. The molecule has 19 heavy (non-hydrogen) atoms. The molecular formula is C16H33O2Si. The molecule has 0 aromatic heterocycles. The van der Waals surface area contributed by atoms with Crippen molar-refractivity contribution in [1.82, 2.24) is 0 Å². The molecule has 0 bridgehead atoms. The van der Waals surface area contributed by atoms with Crippen molar-refractivity contribution in [3.63, 3.8) is 0 Å². The van der Waals surface area contributed by atoms with Crippen LogP contribution in [0.25, 0.3) is 0 Å². The highest BCUT2D eigenvalue weighted by atomic mass is 28.4. The van der Waals surface area contributed by atoms with Gasteiger partial charge >= 0.3 is 0 Å². The third-order valence-electron chi connectivity index (χ3n) is 3.05. The van der Waals surface area contributed by atoms with Gasteiger partial charge in [-0.05, 0) is 42.3 Å². The maximum Gasteiger partial charge on any atom is 0.292 e. The highest BCUT2D eigenvalue weighted by Crippen LogP contribution is 2.33. The van der Waals surface area contributed by atoms with Gasteiger partial charge in [0.05, 0.1) is 0 Å². The van der Waals surface area contributed by atoms with Crippen LogP contribution in [0.1, 0.15) is 54.4 Å². The highest BCUT2D eigenvalue weighted by molar-refractivity contribution is 6.75. The van der Waals surface area contributed by atoms with Crippen molar-refractivity contribution in [3.05, 3.63) is 6.92 Å². The van der Waals surface area contributed by atoms with Gasteiger partial charge in [0.15, 0.2) is 0 Å². The minimum atomic E-state index is -1.96. The first-order valence-corrected chi connectivity index (χ1v) is 10.2. The molecule has 0 rings (SSSR count). The highest BCUT2D eigenvalue weighted by Gasteiger charge is 2.40. The van der Waals surface area contributed by atoms with Gasteiger partial charge in [-0.2, -0.15) is 0 Å². The summed E-state index contributed by atoms with van der Waals surface area (Å²) in [7, 11) is -1.96. The van der Waals surface area contributed by atoms with Crippen molar-refractivity contribution in [2.24, 2.45) is 17.8 Å². The third-order valence-corrected chi connectivity index (χ3v) is 8.39. The molecular weight excluding hydrogens is 252 g/mol. The number of carbonyl (C=O) groups is 1. The molecule has 0 N–H and O–H groups in total. The van der Waals surface area contributed by atoms with E-state index in [-0.39, 0.29) is 5.97 Å². The van der Waals surface area contributed by atoms with Crippen LogP contribution in [0.15, 0.2) is 0 Å². The molecule has 0 aliphatic carbocycles. The Morgan fingerprint density at radius 3 is 1.58 bits per heavy atom. The Hall–Kier alpha value is -0.313. The second-order valence-corrected chi connectivity index (χ2v) is 10.8. The van der Waals surface area contributed by atoms with E-state index in [0.29, 0.717) is 30.6 Å². The Bertz CT molecular complexity index is 233. The van der Waals surface area contributed by atoms with Gasteiger partial charge < -0.3 is 4.43 Å². The molecule has 0 aromatic carbocycles. The molecule has 0 atom stereocenters. The van der Waals surface area contributed by atoms with Gasteiger partial charge in [0, 0.05) is 6.42 Å². The summed E-state index contributed by atoms with van der Waals surface area (Å²) >= 11 is 0. The smallest absolute Gasteiger partial charge is 0.292 e. The van der Waals surface area contributed by atoms with Crippen molar-refractivity contribution in [2.75, 3.05) is 0 Å². The van der Waals surface area contributed by atoms with Crippen LogP contribution in [0.4, 0.5) is 0 Å². The van der Waals surface area contributed by atoms with Crippen molar-refractivity contribution in [1.29, 1.82) is 0 Å². The van der Waals surface area contributed by atoms with E-state index in [1.54, 1.807) is 0 Å². The molecule has 113 valence electrons. The minimum Gasteiger partial charge on any atom is -0.519 e. The van der Waals surface area contributed by atoms with E-state index in [1.165, 1.54) is 0 Å². The average Bonchev–Trinajstić information content (AvgIpc) is 2.12. The standard InChI is InChI=1S/C16H33O2Si/c1-8-9-16(17)18-19(10-13(2)3,11-14(4)5)12-15(6)7/h13-15H,1,8-12H2,2-7H3. The largest absolute Gasteiger partial charge is 0.519 e. The average molecular weight is 286 g/mol. The van der Waals surface area contributed by atoms with Crippen molar-refractivity contribution >= 4 is 14.3 Å². The Kier molecular flexibility index (Phi) is 8.63. The van der Waals surface area contributed by atoms with E-state index in [2.05, 4.69) is 48.5 Å². The fourth-order valence-corrected chi connectivity index (χ4v) is 8.84. The Morgan fingerprint density at radius 2 is 1.32 bits per heavy atom. The minimum absolute atomic E-state index is 0.0244. The number of hydrogen-bond acceptors (Lipinski definition) is 2. The van der Waals surface area contributed by atoms with E-state index in [1.807, 2.05) is 0 Å². The van der Waals surface area contributed by atoms with E-state index in [4.69, 9.17) is 4.43 Å². The van der Waals surface area contributed by atoms with Gasteiger partial charge in [-0.1, -0.05) is 48.5 Å². The van der Waals surface area contributed by atoms with Gasteiger partial charge in [0.2, 0.25) is 0 Å². The molecule has 0 fully saturated rings. The summed E-state index contributed by atoms with van der Waals surface area (Å²) in [5.41, 5.74) is 0. The zero-order valence-electron chi connectivity index (χ0n) is 13.8. The van der Waals surface area contributed by atoms with Crippen LogP contribution in [-0.4, -0.2) is 14.3 Å². The van der Waals surface area contributed by atoms with E-state index in [9.17, 15) is 4.79 Å². The van der Waals surface area contributed by atoms with Gasteiger partial charge in [0.1, 0.15) is 0 Å². The topological polar surface area (TPSA) is 26.3 Å². The fraction of sp³-hybridized carbons (Fsp3) is 0.875. The molecule has 3 heteroatoms. The van der Waals surface area contributed by atoms with Crippen LogP contribution in [0, 0.1) is 24.7 Å². The van der Waals surface area contributed by atoms with Gasteiger partial charge in [-0.3, -0.25) is 4.79 Å². The predicted octanol–water partition coefficient (Wildman–Crippen LogP) is 5.06. The van der Waals surface area contributed by atoms with E-state index < -0.39 is 8.32 Å².